The fourth-order valence-corrected chi connectivity index (χ4v) is 4.32. The van der Waals surface area contributed by atoms with E-state index in [-0.39, 0.29) is 18.2 Å². The van der Waals surface area contributed by atoms with Gasteiger partial charge in [0.25, 0.3) is 0 Å². The van der Waals surface area contributed by atoms with Crippen molar-refractivity contribution in [1.29, 1.82) is 0 Å². The molecule has 0 N–H and O–H groups in total. The van der Waals surface area contributed by atoms with Crippen molar-refractivity contribution >= 4 is 24.2 Å². The second-order valence-electron chi connectivity index (χ2n) is 6.27. The maximum absolute atomic E-state index is 13.7. The lowest BCUT2D eigenvalue weighted by molar-refractivity contribution is 0.235. The molecular weight excluding hydrogens is 341 g/mol. The van der Waals surface area contributed by atoms with E-state index >= 15 is 0 Å². The van der Waals surface area contributed by atoms with E-state index in [9.17, 15) is 4.39 Å². The van der Waals surface area contributed by atoms with Gasteiger partial charge in [0.05, 0.1) is 0 Å². The lowest BCUT2D eigenvalue weighted by atomic mass is 10.1. The quantitative estimate of drug-likeness (QED) is 0.702. The molecule has 0 radical (unpaired) electrons. The lowest BCUT2D eigenvalue weighted by Gasteiger charge is -2.31. The van der Waals surface area contributed by atoms with Gasteiger partial charge in [-0.25, -0.2) is 4.39 Å². The predicted molar refractivity (Wildman–Crippen MR) is 104 cm³/mol. The highest BCUT2D eigenvalue weighted by atomic mass is 35.5. The molecule has 1 heterocycles. The number of benzene rings is 2. The van der Waals surface area contributed by atoms with Crippen LogP contribution in [0.2, 0.25) is 0 Å². The summed E-state index contributed by atoms with van der Waals surface area (Å²) in [6.07, 6.45) is 3.24. The number of nitrogens with zero attached hydrogens (tertiary/aromatic N) is 1. The Morgan fingerprint density at radius 1 is 1.04 bits per heavy atom. The second kappa shape index (κ2) is 9.45. The maximum atomic E-state index is 13.7. The smallest absolute Gasteiger partial charge is 0.126 e. The number of aryl methyl sites for hydroxylation is 1. The first kappa shape index (κ1) is 19.3. The Bertz CT molecular complexity index is 641. The van der Waals surface area contributed by atoms with Crippen LogP contribution in [0.1, 0.15) is 24.0 Å². The molecule has 1 aliphatic heterocycles. The summed E-state index contributed by atoms with van der Waals surface area (Å²) in [5.41, 5.74) is 2.21. The molecule has 130 valence electrons. The number of rotatable bonds is 5. The van der Waals surface area contributed by atoms with Gasteiger partial charge in [0, 0.05) is 16.7 Å². The summed E-state index contributed by atoms with van der Waals surface area (Å²) in [7, 11) is 0. The summed E-state index contributed by atoms with van der Waals surface area (Å²) in [5.74, 6) is -0.0718. The van der Waals surface area contributed by atoms with E-state index in [1.54, 1.807) is 12.1 Å². The van der Waals surface area contributed by atoms with Gasteiger partial charge in [0.15, 0.2) is 0 Å². The van der Waals surface area contributed by atoms with Crippen LogP contribution in [-0.2, 0) is 6.42 Å². The SMILES string of the molecule is Cc1ccccc1SC1CCN(CCc2ccccc2F)CC1.Cl. The lowest BCUT2D eigenvalue weighted by Crippen LogP contribution is -2.36. The van der Waals surface area contributed by atoms with Crippen LogP contribution in [0.4, 0.5) is 4.39 Å². The first-order valence-corrected chi connectivity index (χ1v) is 9.28. The maximum Gasteiger partial charge on any atom is 0.126 e. The van der Waals surface area contributed by atoms with Crippen molar-refractivity contribution in [3.8, 4) is 0 Å². The van der Waals surface area contributed by atoms with Crippen molar-refractivity contribution in [2.45, 2.75) is 36.3 Å². The van der Waals surface area contributed by atoms with Crippen molar-refractivity contribution in [2.24, 2.45) is 0 Å². The molecule has 3 rings (SSSR count). The number of halogens is 2. The third-order valence-corrected chi connectivity index (χ3v) is 6.09. The Morgan fingerprint density at radius 2 is 1.71 bits per heavy atom. The van der Waals surface area contributed by atoms with Crippen molar-refractivity contribution in [3.63, 3.8) is 0 Å². The summed E-state index contributed by atoms with van der Waals surface area (Å²) >= 11 is 2.02. The Morgan fingerprint density at radius 3 is 2.42 bits per heavy atom. The highest BCUT2D eigenvalue weighted by molar-refractivity contribution is 8.00. The molecule has 0 aromatic heterocycles. The van der Waals surface area contributed by atoms with E-state index in [1.165, 1.54) is 23.3 Å². The van der Waals surface area contributed by atoms with Crippen molar-refractivity contribution in [2.75, 3.05) is 19.6 Å². The van der Waals surface area contributed by atoms with Crippen LogP contribution in [0.15, 0.2) is 53.4 Å². The number of hydrogen-bond acceptors (Lipinski definition) is 2. The van der Waals surface area contributed by atoms with Crippen LogP contribution in [-0.4, -0.2) is 29.8 Å². The molecule has 0 amide bonds. The highest BCUT2D eigenvalue weighted by Crippen LogP contribution is 2.32. The van der Waals surface area contributed by atoms with Gasteiger partial charge in [-0.3, -0.25) is 0 Å². The summed E-state index contributed by atoms with van der Waals surface area (Å²) in [4.78, 5) is 3.89. The van der Waals surface area contributed by atoms with Crippen LogP contribution >= 0.6 is 24.2 Å². The normalized spacial score (nSPS) is 15.9. The third kappa shape index (κ3) is 5.23. The topological polar surface area (TPSA) is 3.24 Å². The molecule has 0 bridgehead atoms. The Kier molecular flexibility index (Phi) is 7.60. The molecule has 1 aliphatic rings. The average Bonchev–Trinajstić information content (AvgIpc) is 2.57. The molecule has 1 fully saturated rings. The molecule has 24 heavy (non-hydrogen) atoms. The molecular formula is C20H25ClFNS. The van der Waals surface area contributed by atoms with Gasteiger partial charge in [-0.15, -0.1) is 24.2 Å². The van der Waals surface area contributed by atoms with Gasteiger partial charge in [0.2, 0.25) is 0 Å². The number of piperidine rings is 1. The van der Waals surface area contributed by atoms with Crippen LogP contribution in [0.25, 0.3) is 0 Å². The van der Waals surface area contributed by atoms with Crippen molar-refractivity contribution in [3.05, 3.63) is 65.5 Å². The summed E-state index contributed by atoms with van der Waals surface area (Å²) in [6.45, 7) is 5.39. The summed E-state index contributed by atoms with van der Waals surface area (Å²) in [5, 5.41) is 0.709. The molecule has 1 nitrogen and oxygen atoms in total. The molecule has 0 unspecified atom stereocenters. The van der Waals surface area contributed by atoms with E-state index in [2.05, 4.69) is 36.1 Å². The summed E-state index contributed by atoms with van der Waals surface area (Å²) in [6, 6.07) is 15.8. The van der Waals surface area contributed by atoms with Crippen molar-refractivity contribution in [1.82, 2.24) is 4.90 Å². The molecule has 0 spiro atoms. The molecule has 0 saturated carbocycles. The van der Waals surface area contributed by atoms with Gasteiger partial charge < -0.3 is 4.90 Å². The Labute approximate surface area is 155 Å². The number of thioether (sulfide) groups is 1. The first-order valence-electron chi connectivity index (χ1n) is 8.40. The van der Waals surface area contributed by atoms with Gasteiger partial charge in [-0.2, -0.15) is 0 Å². The van der Waals surface area contributed by atoms with Crippen LogP contribution in [0, 0.1) is 12.7 Å². The van der Waals surface area contributed by atoms with Gasteiger partial charge in [0.1, 0.15) is 5.82 Å². The standard InChI is InChI=1S/C20H24FNS.ClH/c1-16-6-2-5-9-20(16)23-18-11-14-22(15-12-18)13-10-17-7-3-4-8-19(17)21;/h2-9,18H,10-15H2,1H3;1H. The molecule has 2 aromatic carbocycles. The molecule has 4 heteroatoms. The fourth-order valence-electron chi connectivity index (χ4n) is 3.10. The van der Waals surface area contributed by atoms with Crippen LogP contribution < -0.4 is 0 Å². The van der Waals surface area contributed by atoms with Gasteiger partial charge in [-0.1, -0.05) is 36.4 Å². The minimum Gasteiger partial charge on any atom is -0.303 e. The van der Waals surface area contributed by atoms with Crippen LogP contribution in [0.5, 0.6) is 0 Å². The average molecular weight is 366 g/mol. The summed E-state index contributed by atoms with van der Waals surface area (Å²) < 4.78 is 13.7. The highest BCUT2D eigenvalue weighted by Gasteiger charge is 2.20. The zero-order valence-electron chi connectivity index (χ0n) is 14.1. The monoisotopic (exact) mass is 365 g/mol. The van der Waals surface area contributed by atoms with E-state index in [0.29, 0.717) is 5.25 Å². The minimum atomic E-state index is -0.0718. The first-order chi connectivity index (χ1) is 11.2. The van der Waals surface area contributed by atoms with Crippen molar-refractivity contribution < 1.29 is 4.39 Å². The van der Waals surface area contributed by atoms with Crippen LogP contribution in [0.3, 0.4) is 0 Å². The number of likely N-dealkylation sites (tertiary alicyclic amines) is 1. The van der Waals surface area contributed by atoms with E-state index in [4.69, 9.17) is 0 Å². The van der Waals surface area contributed by atoms with E-state index in [1.807, 2.05) is 23.9 Å². The second-order valence-corrected chi connectivity index (χ2v) is 7.61. The largest absolute Gasteiger partial charge is 0.303 e. The minimum absolute atomic E-state index is 0. The molecule has 0 atom stereocenters. The van der Waals surface area contributed by atoms with Gasteiger partial charge >= 0.3 is 0 Å². The molecule has 2 aromatic rings. The Balaban J connectivity index is 0.00000208. The molecule has 0 aliphatic carbocycles. The number of hydrogen-bond donors (Lipinski definition) is 0. The zero-order chi connectivity index (χ0) is 16.1. The third-order valence-electron chi connectivity index (χ3n) is 4.58. The van der Waals surface area contributed by atoms with E-state index < -0.39 is 0 Å². The Hall–Kier alpha value is -1.03. The fraction of sp³-hybridized carbons (Fsp3) is 0.400. The molecule has 1 saturated heterocycles. The van der Waals surface area contributed by atoms with E-state index in [0.717, 1.165) is 31.6 Å². The predicted octanol–water partition coefficient (Wildman–Crippen LogP) is 5.36. The van der Waals surface area contributed by atoms with Gasteiger partial charge in [-0.05, 0) is 62.5 Å². The zero-order valence-corrected chi connectivity index (χ0v) is 15.7.